The molecule has 0 aliphatic rings. The van der Waals surface area contributed by atoms with Gasteiger partial charge in [0.25, 0.3) is 0 Å². The van der Waals surface area contributed by atoms with Crippen LogP contribution in [0.4, 0.5) is 0 Å². The van der Waals surface area contributed by atoms with Gasteiger partial charge in [-0.25, -0.2) is 9.97 Å². The van der Waals surface area contributed by atoms with Crippen molar-refractivity contribution in [1.29, 1.82) is 0 Å². The van der Waals surface area contributed by atoms with E-state index >= 15 is 0 Å². The van der Waals surface area contributed by atoms with Gasteiger partial charge in [0.15, 0.2) is 0 Å². The molecule has 0 amide bonds. The average Bonchev–Trinajstić information content (AvgIpc) is 3.16. The number of imidazole rings is 2. The highest BCUT2D eigenvalue weighted by Gasteiger charge is 2.14. The molecule has 6 heteroatoms. The maximum atomic E-state index is 6.18. The van der Waals surface area contributed by atoms with Crippen molar-refractivity contribution in [2.45, 2.75) is 6.42 Å². The Balaban J connectivity index is 1.67. The highest BCUT2D eigenvalue weighted by molar-refractivity contribution is 6.31. The molecule has 0 fully saturated rings. The lowest BCUT2D eigenvalue weighted by atomic mass is 10.2. The third kappa shape index (κ3) is 2.27. The summed E-state index contributed by atoms with van der Waals surface area (Å²) in [4.78, 5) is 13.9. The lowest BCUT2D eigenvalue weighted by molar-refractivity contribution is 0.837. The number of hydrogen-bond acceptors (Lipinski definition) is 3. The minimum atomic E-state index is 0.662. The molecule has 0 saturated carbocycles. The zero-order chi connectivity index (χ0) is 17.0. The van der Waals surface area contributed by atoms with Crippen LogP contribution >= 0.6 is 11.6 Å². The standard InChI is InChI=1S/C19H14ClN5/c1-24-18(9-13-11-25-7-3-2-4-17(25)22-13)23-16-10-21-15-6-5-12(20)8-14(15)19(16)24/h2-8,10-11H,9H2,1H3. The Kier molecular flexibility index (Phi) is 3.05. The molecule has 25 heavy (non-hydrogen) atoms. The van der Waals surface area contributed by atoms with Gasteiger partial charge in [-0.2, -0.15) is 0 Å². The third-order valence-corrected chi connectivity index (χ3v) is 4.74. The molecule has 5 aromatic rings. The molecule has 0 N–H and O–H groups in total. The molecule has 0 unspecified atom stereocenters. The summed E-state index contributed by atoms with van der Waals surface area (Å²) >= 11 is 6.18. The molecule has 1 aromatic carbocycles. The number of halogens is 1. The van der Waals surface area contributed by atoms with Crippen LogP contribution < -0.4 is 0 Å². The molecule has 0 aliphatic carbocycles. The van der Waals surface area contributed by atoms with Gasteiger partial charge in [0.05, 0.1) is 22.9 Å². The summed E-state index contributed by atoms with van der Waals surface area (Å²) in [6, 6.07) is 11.7. The fraction of sp³-hybridized carbons (Fsp3) is 0.105. The highest BCUT2D eigenvalue weighted by Crippen LogP contribution is 2.27. The topological polar surface area (TPSA) is 48.0 Å². The fourth-order valence-electron chi connectivity index (χ4n) is 3.31. The van der Waals surface area contributed by atoms with Crippen LogP contribution in [0.5, 0.6) is 0 Å². The molecular weight excluding hydrogens is 334 g/mol. The van der Waals surface area contributed by atoms with E-state index in [2.05, 4.69) is 14.5 Å². The van der Waals surface area contributed by atoms with Gasteiger partial charge in [-0.1, -0.05) is 17.7 Å². The number of fused-ring (bicyclic) bond motifs is 4. The van der Waals surface area contributed by atoms with Crippen LogP contribution in [0, 0.1) is 0 Å². The summed E-state index contributed by atoms with van der Waals surface area (Å²) in [5.41, 5.74) is 4.76. The van der Waals surface area contributed by atoms with Crippen molar-refractivity contribution in [3.05, 3.63) is 71.5 Å². The van der Waals surface area contributed by atoms with Gasteiger partial charge in [0.1, 0.15) is 17.0 Å². The van der Waals surface area contributed by atoms with Crippen molar-refractivity contribution in [3.63, 3.8) is 0 Å². The second kappa shape index (κ2) is 5.29. The summed E-state index contributed by atoms with van der Waals surface area (Å²) < 4.78 is 4.13. The first-order valence-corrected chi connectivity index (χ1v) is 8.39. The largest absolute Gasteiger partial charge is 0.330 e. The molecule has 4 aromatic heterocycles. The summed E-state index contributed by atoms with van der Waals surface area (Å²) in [6.07, 6.45) is 6.52. The van der Waals surface area contributed by atoms with Crippen LogP contribution in [0.25, 0.3) is 27.6 Å². The van der Waals surface area contributed by atoms with Crippen molar-refractivity contribution in [3.8, 4) is 0 Å². The van der Waals surface area contributed by atoms with Crippen LogP contribution in [-0.2, 0) is 13.5 Å². The van der Waals surface area contributed by atoms with Crippen molar-refractivity contribution in [1.82, 2.24) is 23.9 Å². The van der Waals surface area contributed by atoms with E-state index < -0.39 is 0 Å². The van der Waals surface area contributed by atoms with Crippen LogP contribution in [0.1, 0.15) is 11.5 Å². The van der Waals surface area contributed by atoms with E-state index in [1.165, 1.54) is 0 Å². The van der Waals surface area contributed by atoms with E-state index in [9.17, 15) is 0 Å². The van der Waals surface area contributed by atoms with E-state index in [-0.39, 0.29) is 0 Å². The Hall–Kier alpha value is -2.92. The zero-order valence-electron chi connectivity index (χ0n) is 13.5. The third-order valence-electron chi connectivity index (χ3n) is 4.51. The Morgan fingerprint density at radius 1 is 1.08 bits per heavy atom. The number of rotatable bonds is 2. The second-order valence-electron chi connectivity index (χ2n) is 6.12. The Morgan fingerprint density at radius 3 is 2.88 bits per heavy atom. The molecule has 0 aliphatic heterocycles. The van der Waals surface area contributed by atoms with Crippen LogP contribution in [0.15, 0.2) is 55.0 Å². The summed E-state index contributed by atoms with van der Waals surface area (Å²) in [7, 11) is 2.03. The van der Waals surface area contributed by atoms with Crippen LogP contribution in [0.2, 0.25) is 5.02 Å². The van der Waals surface area contributed by atoms with E-state index in [1.54, 1.807) is 0 Å². The Labute approximate surface area is 148 Å². The number of benzene rings is 1. The summed E-state index contributed by atoms with van der Waals surface area (Å²) in [6.45, 7) is 0. The summed E-state index contributed by atoms with van der Waals surface area (Å²) in [5, 5.41) is 1.71. The molecule has 122 valence electrons. The highest BCUT2D eigenvalue weighted by atomic mass is 35.5. The Bertz CT molecular complexity index is 1220. The normalized spacial score (nSPS) is 11.8. The molecule has 0 radical (unpaired) electrons. The van der Waals surface area contributed by atoms with E-state index in [0.29, 0.717) is 11.4 Å². The maximum absolute atomic E-state index is 6.18. The van der Waals surface area contributed by atoms with Gasteiger partial charge >= 0.3 is 0 Å². The number of nitrogens with zero attached hydrogens (tertiary/aromatic N) is 5. The van der Waals surface area contributed by atoms with Gasteiger partial charge in [-0.05, 0) is 30.3 Å². The Morgan fingerprint density at radius 2 is 2.00 bits per heavy atom. The number of hydrogen-bond donors (Lipinski definition) is 0. The molecular formula is C19H14ClN5. The van der Waals surface area contributed by atoms with E-state index in [0.717, 1.165) is 39.1 Å². The van der Waals surface area contributed by atoms with Gasteiger partial charge in [0, 0.05) is 36.3 Å². The monoisotopic (exact) mass is 347 g/mol. The van der Waals surface area contributed by atoms with Crippen LogP contribution in [-0.4, -0.2) is 23.9 Å². The predicted octanol–water partition coefficient (Wildman–Crippen LogP) is 4.01. The zero-order valence-corrected chi connectivity index (χ0v) is 14.3. The first kappa shape index (κ1) is 14.4. The molecule has 4 heterocycles. The maximum Gasteiger partial charge on any atom is 0.136 e. The number of aromatic nitrogens is 5. The van der Waals surface area contributed by atoms with Gasteiger partial charge in [0.2, 0.25) is 0 Å². The van der Waals surface area contributed by atoms with E-state index in [1.807, 2.05) is 66.4 Å². The lowest BCUT2D eigenvalue weighted by Gasteiger charge is -2.03. The smallest absolute Gasteiger partial charge is 0.136 e. The predicted molar refractivity (Wildman–Crippen MR) is 99.0 cm³/mol. The lowest BCUT2D eigenvalue weighted by Crippen LogP contribution is -1.99. The van der Waals surface area contributed by atoms with Crippen LogP contribution in [0.3, 0.4) is 0 Å². The number of aryl methyl sites for hydroxylation is 1. The quantitative estimate of drug-likeness (QED) is 0.484. The molecule has 0 bridgehead atoms. The van der Waals surface area contributed by atoms with Gasteiger partial charge in [-0.15, -0.1) is 0 Å². The van der Waals surface area contributed by atoms with Gasteiger partial charge in [-0.3, -0.25) is 4.98 Å². The first-order valence-electron chi connectivity index (χ1n) is 8.01. The number of pyridine rings is 2. The SMILES string of the molecule is Cn1c(Cc2cn3ccccc3n2)nc2cnc3ccc(Cl)cc3c21. The van der Waals surface area contributed by atoms with E-state index in [4.69, 9.17) is 16.6 Å². The van der Waals surface area contributed by atoms with Crippen molar-refractivity contribution in [2.24, 2.45) is 7.05 Å². The summed E-state index contributed by atoms with van der Waals surface area (Å²) in [5.74, 6) is 0.952. The minimum Gasteiger partial charge on any atom is -0.330 e. The molecule has 5 nitrogen and oxygen atoms in total. The molecule has 0 saturated heterocycles. The molecule has 0 atom stereocenters. The molecule has 0 spiro atoms. The minimum absolute atomic E-state index is 0.662. The van der Waals surface area contributed by atoms with Crippen molar-refractivity contribution < 1.29 is 0 Å². The van der Waals surface area contributed by atoms with Gasteiger partial charge < -0.3 is 8.97 Å². The van der Waals surface area contributed by atoms with Crippen molar-refractivity contribution >= 4 is 39.2 Å². The molecule has 5 rings (SSSR count). The fourth-order valence-corrected chi connectivity index (χ4v) is 3.48. The average molecular weight is 348 g/mol. The second-order valence-corrected chi connectivity index (χ2v) is 6.55. The van der Waals surface area contributed by atoms with Crippen molar-refractivity contribution in [2.75, 3.05) is 0 Å². The first-order chi connectivity index (χ1) is 12.2.